The molecule has 0 aromatic heterocycles. The zero-order valence-electron chi connectivity index (χ0n) is 14.3. The number of terminal acetylenes is 1. The molecule has 2 aromatic carbocycles. The minimum Gasteiger partial charge on any atom is -0.490 e. The second kappa shape index (κ2) is 8.04. The summed E-state index contributed by atoms with van der Waals surface area (Å²) in [5.41, 5.74) is 2.46. The Morgan fingerprint density at radius 3 is 2.69 bits per heavy atom. The summed E-state index contributed by atoms with van der Waals surface area (Å²) < 4.78 is 11.1. The van der Waals surface area contributed by atoms with Gasteiger partial charge in [-0.3, -0.25) is 0 Å². The highest BCUT2D eigenvalue weighted by Crippen LogP contribution is 2.30. The van der Waals surface area contributed by atoms with Crippen molar-refractivity contribution in [1.82, 2.24) is 0 Å². The summed E-state index contributed by atoms with van der Waals surface area (Å²) in [5.74, 6) is 3.04. The summed E-state index contributed by atoms with van der Waals surface area (Å²) in [4.78, 5) is 17.0. The number of rotatable bonds is 6. The lowest BCUT2D eigenvalue weighted by Gasteiger charge is -2.11. The molecule has 1 heterocycles. The zero-order chi connectivity index (χ0) is 18.4. The summed E-state index contributed by atoms with van der Waals surface area (Å²) in [5, 5.41) is 3.90. The molecule has 0 bridgehead atoms. The lowest BCUT2D eigenvalue weighted by atomic mass is 10.0. The molecule has 2 aromatic rings. The van der Waals surface area contributed by atoms with E-state index in [1.807, 2.05) is 43.3 Å². The quantitative estimate of drug-likeness (QED) is 0.456. The molecule has 3 rings (SSSR count). The number of benzene rings is 2. The minimum atomic E-state index is -0.491. The van der Waals surface area contributed by atoms with Crippen molar-refractivity contribution in [3.63, 3.8) is 0 Å². The van der Waals surface area contributed by atoms with Gasteiger partial charge in [-0.2, -0.15) is 0 Å². The average molecular weight is 347 g/mol. The third-order valence-corrected chi connectivity index (χ3v) is 3.63. The molecule has 0 amide bonds. The number of carbonyl (C=O) groups excluding carboxylic acids is 1. The average Bonchev–Trinajstić information content (AvgIpc) is 3.02. The van der Waals surface area contributed by atoms with Crippen molar-refractivity contribution in [3.8, 4) is 23.8 Å². The van der Waals surface area contributed by atoms with Gasteiger partial charge >= 0.3 is 5.97 Å². The molecule has 0 N–H and O–H groups in total. The van der Waals surface area contributed by atoms with Crippen LogP contribution < -0.4 is 9.47 Å². The fourth-order valence-electron chi connectivity index (χ4n) is 2.50. The third-order valence-electron chi connectivity index (χ3n) is 3.63. The first kappa shape index (κ1) is 17.3. The van der Waals surface area contributed by atoms with Gasteiger partial charge in [-0.25, -0.2) is 4.79 Å². The predicted octanol–water partition coefficient (Wildman–Crippen LogP) is 3.44. The topological polar surface area (TPSA) is 57.1 Å². The SMILES string of the molecule is C#CCOc1ccc(/C=C2/C(=O)ON=C2c2ccccc2)cc1OCC. The molecule has 0 saturated heterocycles. The van der Waals surface area contributed by atoms with Gasteiger partial charge < -0.3 is 14.3 Å². The first-order valence-electron chi connectivity index (χ1n) is 8.13. The van der Waals surface area contributed by atoms with Gasteiger partial charge in [0.15, 0.2) is 11.5 Å². The first-order chi connectivity index (χ1) is 12.7. The van der Waals surface area contributed by atoms with E-state index in [0.717, 1.165) is 11.1 Å². The normalized spacial score (nSPS) is 14.5. The zero-order valence-corrected chi connectivity index (χ0v) is 14.3. The molecule has 130 valence electrons. The van der Waals surface area contributed by atoms with Crippen molar-refractivity contribution in [1.29, 1.82) is 0 Å². The van der Waals surface area contributed by atoms with Gasteiger partial charge in [-0.1, -0.05) is 47.5 Å². The fraction of sp³-hybridized carbons (Fsp3) is 0.143. The maximum absolute atomic E-state index is 12.1. The Morgan fingerprint density at radius 1 is 1.15 bits per heavy atom. The molecule has 0 aliphatic carbocycles. The molecule has 0 radical (unpaired) electrons. The van der Waals surface area contributed by atoms with E-state index in [1.54, 1.807) is 18.2 Å². The van der Waals surface area contributed by atoms with Gasteiger partial charge in [0.2, 0.25) is 0 Å². The van der Waals surface area contributed by atoms with Crippen LogP contribution in [-0.2, 0) is 9.63 Å². The van der Waals surface area contributed by atoms with Crippen molar-refractivity contribution in [2.24, 2.45) is 5.16 Å². The van der Waals surface area contributed by atoms with Gasteiger partial charge in [0.25, 0.3) is 0 Å². The largest absolute Gasteiger partial charge is 0.490 e. The molecular formula is C21H17NO4. The molecule has 1 aliphatic heterocycles. The van der Waals surface area contributed by atoms with E-state index in [2.05, 4.69) is 11.1 Å². The fourth-order valence-corrected chi connectivity index (χ4v) is 2.50. The van der Waals surface area contributed by atoms with Crippen molar-refractivity contribution in [2.45, 2.75) is 6.92 Å². The van der Waals surface area contributed by atoms with Crippen LogP contribution in [0, 0.1) is 12.3 Å². The Labute approximate surface area is 151 Å². The second-order valence-electron chi connectivity index (χ2n) is 5.37. The molecular weight excluding hydrogens is 330 g/mol. The number of nitrogens with zero attached hydrogens (tertiary/aromatic N) is 1. The molecule has 1 aliphatic rings. The number of hydrogen-bond acceptors (Lipinski definition) is 5. The van der Waals surface area contributed by atoms with E-state index in [1.165, 1.54) is 0 Å². The highest BCUT2D eigenvalue weighted by Gasteiger charge is 2.26. The molecule has 0 unspecified atom stereocenters. The second-order valence-corrected chi connectivity index (χ2v) is 5.37. The molecule has 0 atom stereocenters. The van der Waals surface area contributed by atoms with Crippen LogP contribution in [0.25, 0.3) is 6.08 Å². The van der Waals surface area contributed by atoms with Gasteiger partial charge in [-0.15, -0.1) is 6.42 Å². The summed E-state index contributed by atoms with van der Waals surface area (Å²) in [7, 11) is 0. The summed E-state index contributed by atoms with van der Waals surface area (Å²) in [6.07, 6.45) is 6.95. The van der Waals surface area contributed by atoms with Crippen LogP contribution in [0.2, 0.25) is 0 Å². The monoisotopic (exact) mass is 347 g/mol. The molecule has 5 nitrogen and oxygen atoms in total. The van der Waals surface area contributed by atoms with Crippen LogP contribution in [0.4, 0.5) is 0 Å². The Bertz CT molecular complexity index is 907. The highest BCUT2D eigenvalue weighted by molar-refractivity contribution is 6.31. The first-order valence-corrected chi connectivity index (χ1v) is 8.13. The van der Waals surface area contributed by atoms with E-state index < -0.39 is 5.97 Å². The molecule has 0 saturated carbocycles. The van der Waals surface area contributed by atoms with Gasteiger partial charge in [0.05, 0.1) is 12.2 Å². The smallest absolute Gasteiger partial charge is 0.368 e. The Kier molecular flexibility index (Phi) is 5.35. The number of carbonyl (C=O) groups is 1. The van der Waals surface area contributed by atoms with Crippen LogP contribution in [0.3, 0.4) is 0 Å². The van der Waals surface area contributed by atoms with E-state index in [9.17, 15) is 4.79 Å². The van der Waals surface area contributed by atoms with E-state index >= 15 is 0 Å². The molecule has 26 heavy (non-hydrogen) atoms. The van der Waals surface area contributed by atoms with Crippen LogP contribution in [0.1, 0.15) is 18.1 Å². The van der Waals surface area contributed by atoms with Crippen molar-refractivity contribution in [3.05, 3.63) is 65.2 Å². The van der Waals surface area contributed by atoms with Crippen molar-refractivity contribution < 1.29 is 19.1 Å². The molecule has 5 heteroatoms. The Morgan fingerprint density at radius 2 is 1.96 bits per heavy atom. The van der Waals surface area contributed by atoms with E-state index in [-0.39, 0.29) is 6.61 Å². The lowest BCUT2D eigenvalue weighted by Crippen LogP contribution is -2.06. The lowest BCUT2D eigenvalue weighted by molar-refractivity contribution is -0.136. The standard InChI is InChI=1S/C21H17NO4/c1-3-12-25-18-11-10-15(14-19(18)24-4-2)13-17-20(22-26-21(17)23)16-8-6-5-7-9-16/h1,5-11,13-14H,4,12H2,2H3/b17-13+. The van der Waals surface area contributed by atoms with Crippen LogP contribution in [0.15, 0.2) is 59.3 Å². The third kappa shape index (κ3) is 3.76. The molecule has 0 fully saturated rings. The summed E-state index contributed by atoms with van der Waals surface area (Å²) in [6, 6.07) is 14.8. The van der Waals surface area contributed by atoms with Crippen LogP contribution >= 0.6 is 0 Å². The highest BCUT2D eigenvalue weighted by atomic mass is 16.7. The Balaban J connectivity index is 1.95. The van der Waals surface area contributed by atoms with E-state index in [0.29, 0.717) is 29.4 Å². The summed E-state index contributed by atoms with van der Waals surface area (Å²) in [6.45, 7) is 2.51. The maximum atomic E-state index is 12.1. The van der Waals surface area contributed by atoms with E-state index in [4.69, 9.17) is 20.7 Å². The van der Waals surface area contributed by atoms with Crippen LogP contribution in [0.5, 0.6) is 11.5 Å². The minimum absolute atomic E-state index is 0.150. The van der Waals surface area contributed by atoms with Crippen molar-refractivity contribution >= 4 is 17.8 Å². The van der Waals surface area contributed by atoms with Crippen LogP contribution in [-0.4, -0.2) is 24.9 Å². The number of oxime groups is 1. The Hall–Kier alpha value is -3.52. The van der Waals surface area contributed by atoms with Crippen molar-refractivity contribution in [2.75, 3.05) is 13.2 Å². The number of hydrogen-bond donors (Lipinski definition) is 0. The van der Waals surface area contributed by atoms with Gasteiger partial charge in [0, 0.05) is 5.56 Å². The maximum Gasteiger partial charge on any atom is 0.368 e. The van der Waals surface area contributed by atoms with Gasteiger partial charge in [0.1, 0.15) is 12.3 Å². The number of ether oxygens (including phenoxy) is 2. The summed E-state index contributed by atoms with van der Waals surface area (Å²) >= 11 is 0. The van der Waals surface area contributed by atoms with Gasteiger partial charge in [-0.05, 0) is 30.7 Å². The predicted molar refractivity (Wildman–Crippen MR) is 99.0 cm³/mol. The molecule has 0 spiro atoms.